The van der Waals surface area contributed by atoms with E-state index in [1.807, 2.05) is 25.7 Å². The molecule has 0 aromatic heterocycles. The van der Waals surface area contributed by atoms with E-state index in [9.17, 15) is 28.0 Å². The maximum Gasteiger partial charge on any atom is 0.310 e. The molecule has 1 amide bonds. The monoisotopic (exact) mass is 619 g/mol. The molecule has 8 atom stereocenters. The van der Waals surface area contributed by atoms with Gasteiger partial charge in [0.1, 0.15) is 11.7 Å². The first kappa shape index (κ1) is 30.4. The van der Waals surface area contributed by atoms with Gasteiger partial charge in [-0.25, -0.2) is 8.78 Å². The number of alkyl halides is 2. The van der Waals surface area contributed by atoms with Crippen LogP contribution in [0.2, 0.25) is 0 Å². The van der Waals surface area contributed by atoms with Crippen LogP contribution in [-0.2, 0) is 33.4 Å². The van der Waals surface area contributed by atoms with Crippen molar-refractivity contribution in [2.75, 3.05) is 6.61 Å². The number of ether oxygens (including phenoxy) is 3. The number of hydrogen-bond donors (Lipinski definition) is 0. The number of amides is 1. The number of fused-ring (bicyclic) bond motifs is 1. The van der Waals surface area contributed by atoms with Crippen molar-refractivity contribution < 1.29 is 42.2 Å². The molecule has 1 heterocycles. The minimum absolute atomic E-state index is 0.0689. The molecule has 44 heavy (non-hydrogen) atoms. The first-order chi connectivity index (χ1) is 20.6. The maximum atomic E-state index is 14.2. The average molecular weight is 620 g/mol. The minimum Gasteiger partial charge on any atom is -0.460 e. The van der Waals surface area contributed by atoms with Crippen LogP contribution in [-0.4, -0.2) is 64.5 Å². The predicted molar refractivity (Wildman–Crippen MR) is 153 cm³/mol. The van der Waals surface area contributed by atoms with Crippen molar-refractivity contribution in [2.45, 2.75) is 128 Å². The molecule has 0 radical (unpaired) electrons. The first-order valence-corrected chi connectivity index (χ1v) is 17.0. The molecule has 0 N–H and O–H groups in total. The van der Waals surface area contributed by atoms with Crippen molar-refractivity contribution in [3.8, 4) is 0 Å². The number of rotatable bonds is 7. The van der Waals surface area contributed by atoms with Crippen LogP contribution in [0.5, 0.6) is 0 Å². The van der Waals surface area contributed by atoms with E-state index in [4.69, 9.17) is 14.2 Å². The molecule has 0 aromatic carbocycles. The van der Waals surface area contributed by atoms with Gasteiger partial charge in [-0.1, -0.05) is 12.8 Å². The summed E-state index contributed by atoms with van der Waals surface area (Å²) in [6, 6.07) is -0.349. The van der Waals surface area contributed by atoms with Crippen LogP contribution in [0.1, 0.15) is 98.3 Å². The van der Waals surface area contributed by atoms with E-state index in [0.717, 1.165) is 19.3 Å². The molecule has 7 aliphatic carbocycles. The lowest BCUT2D eigenvalue weighted by Crippen LogP contribution is -2.55. The SMILES string of the molecule is CC(F)(F)COC(=O)C1CCCCC1C(=O)OC1C2CC3C(C(=O)N(C(C)(C)C)C31)C2C(=O)OC12CC3CC(CC(C3)C1)C2. The summed E-state index contributed by atoms with van der Waals surface area (Å²) in [5.41, 5.74) is -0.981. The molecule has 7 saturated carbocycles. The van der Waals surface area contributed by atoms with E-state index in [1.165, 1.54) is 19.3 Å². The highest BCUT2D eigenvalue weighted by molar-refractivity contribution is 5.91. The summed E-state index contributed by atoms with van der Waals surface area (Å²) in [6.45, 7) is 5.53. The Labute approximate surface area is 258 Å². The van der Waals surface area contributed by atoms with E-state index in [0.29, 0.717) is 56.8 Å². The van der Waals surface area contributed by atoms with E-state index in [1.54, 1.807) is 0 Å². The van der Waals surface area contributed by atoms with Gasteiger partial charge in [0.2, 0.25) is 5.91 Å². The molecule has 8 aliphatic rings. The number of esters is 3. The Kier molecular flexibility index (Phi) is 7.17. The van der Waals surface area contributed by atoms with Gasteiger partial charge in [-0.3, -0.25) is 19.2 Å². The van der Waals surface area contributed by atoms with Gasteiger partial charge < -0.3 is 19.1 Å². The number of likely N-dealkylation sites (tertiary alicyclic amines) is 1. The summed E-state index contributed by atoms with van der Waals surface area (Å²) in [5.74, 6) is -6.35. The zero-order chi connectivity index (χ0) is 31.3. The second-order valence-electron chi connectivity index (χ2n) is 16.6. The molecular weight excluding hydrogens is 572 g/mol. The molecule has 8 unspecified atom stereocenters. The quantitative estimate of drug-likeness (QED) is 0.282. The Morgan fingerprint density at radius 2 is 1.41 bits per heavy atom. The van der Waals surface area contributed by atoms with E-state index >= 15 is 0 Å². The van der Waals surface area contributed by atoms with Crippen LogP contribution in [0.15, 0.2) is 0 Å². The lowest BCUT2D eigenvalue weighted by molar-refractivity contribution is -0.197. The standard InChI is InChI=1S/C34H47F2NO7/c1-32(2,3)37-26-22-12-23(27(26)43-30(40)21-8-6-5-7-20(21)29(39)42-16-33(4,35)36)25(24(22)28(37)38)31(41)44-34-13-17-9-18(14-34)11-19(10-17)15-34/h17-27H,5-16H2,1-4H3. The number of hydrogen-bond acceptors (Lipinski definition) is 7. The third-order valence-electron chi connectivity index (χ3n) is 12.3. The Morgan fingerprint density at radius 1 is 0.841 bits per heavy atom. The smallest absolute Gasteiger partial charge is 0.310 e. The zero-order valence-electron chi connectivity index (χ0n) is 26.4. The van der Waals surface area contributed by atoms with Crippen molar-refractivity contribution in [1.29, 1.82) is 0 Å². The van der Waals surface area contributed by atoms with E-state index in [-0.39, 0.29) is 29.8 Å². The van der Waals surface area contributed by atoms with Crippen molar-refractivity contribution in [3.63, 3.8) is 0 Å². The molecule has 8 fully saturated rings. The van der Waals surface area contributed by atoms with Crippen molar-refractivity contribution in [3.05, 3.63) is 0 Å². The van der Waals surface area contributed by atoms with Crippen LogP contribution in [0.3, 0.4) is 0 Å². The maximum absolute atomic E-state index is 14.2. The van der Waals surface area contributed by atoms with Crippen LogP contribution in [0, 0.1) is 53.3 Å². The van der Waals surface area contributed by atoms with Gasteiger partial charge >= 0.3 is 17.9 Å². The number of halogens is 2. The fourth-order valence-corrected chi connectivity index (χ4v) is 11.2. The summed E-state index contributed by atoms with van der Waals surface area (Å²) in [7, 11) is 0. The largest absolute Gasteiger partial charge is 0.460 e. The molecule has 8 nitrogen and oxygen atoms in total. The number of carbonyl (C=O) groups excluding carboxylic acids is 4. The summed E-state index contributed by atoms with van der Waals surface area (Å²) in [6.07, 6.45) is 8.46. The molecule has 6 bridgehead atoms. The lowest BCUT2D eigenvalue weighted by Gasteiger charge is -2.56. The van der Waals surface area contributed by atoms with Gasteiger partial charge in [0.05, 0.1) is 29.7 Å². The van der Waals surface area contributed by atoms with Crippen LogP contribution < -0.4 is 0 Å². The second kappa shape index (κ2) is 10.4. The van der Waals surface area contributed by atoms with E-state index in [2.05, 4.69) is 0 Å². The van der Waals surface area contributed by atoms with Crippen LogP contribution >= 0.6 is 0 Å². The van der Waals surface area contributed by atoms with Gasteiger partial charge in [0, 0.05) is 18.4 Å². The fourth-order valence-electron chi connectivity index (χ4n) is 11.2. The summed E-state index contributed by atoms with van der Waals surface area (Å²) >= 11 is 0. The Bertz CT molecular complexity index is 1190. The Balaban J connectivity index is 1.12. The molecule has 8 rings (SSSR count). The molecule has 1 saturated heterocycles. The minimum atomic E-state index is -3.16. The van der Waals surface area contributed by atoms with Gasteiger partial charge in [0.15, 0.2) is 6.61 Å². The van der Waals surface area contributed by atoms with Crippen LogP contribution in [0.4, 0.5) is 8.78 Å². The van der Waals surface area contributed by atoms with E-state index < -0.39 is 65.4 Å². The average Bonchev–Trinajstić information content (AvgIpc) is 3.53. The normalized spacial score (nSPS) is 43.8. The molecule has 0 aromatic rings. The topological polar surface area (TPSA) is 99.2 Å². The zero-order valence-corrected chi connectivity index (χ0v) is 26.4. The third kappa shape index (κ3) is 5.04. The highest BCUT2D eigenvalue weighted by Crippen LogP contribution is 2.63. The molecule has 1 aliphatic heterocycles. The van der Waals surface area contributed by atoms with Crippen molar-refractivity contribution in [2.24, 2.45) is 53.3 Å². The lowest BCUT2D eigenvalue weighted by atomic mass is 9.54. The molecule has 244 valence electrons. The molecule has 10 heteroatoms. The number of carbonyl (C=O) groups is 4. The fraction of sp³-hybridized carbons (Fsp3) is 0.882. The summed E-state index contributed by atoms with van der Waals surface area (Å²) in [4.78, 5) is 56.7. The first-order valence-electron chi connectivity index (χ1n) is 17.0. The predicted octanol–water partition coefficient (Wildman–Crippen LogP) is 5.31. The van der Waals surface area contributed by atoms with Crippen LogP contribution in [0.25, 0.3) is 0 Å². The molecular formula is C34H47F2NO7. The summed E-state index contributed by atoms with van der Waals surface area (Å²) in [5, 5.41) is 0. The van der Waals surface area contributed by atoms with Gasteiger partial charge in [-0.05, 0) is 102 Å². The highest BCUT2D eigenvalue weighted by Gasteiger charge is 2.72. The van der Waals surface area contributed by atoms with Gasteiger partial charge in [-0.15, -0.1) is 0 Å². The summed E-state index contributed by atoms with van der Waals surface area (Å²) < 4.78 is 44.6. The Hall–Kier alpha value is -2.26. The number of nitrogens with zero attached hydrogens (tertiary/aromatic N) is 1. The van der Waals surface area contributed by atoms with Crippen molar-refractivity contribution >= 4 is 23.8 Å². The van der Waals surface area contributed by atoms with Gasteiger partial charge in [-0.2, -0.15) is 0 Å². The second-order valence-corrected chi connectivity index (χ2v) is 16.6. The molecule has 0 spiro atoms. The third-order valence-corrected chi connectivity index (χ3v) is 12.3. The highest BCUT2D eigenvalue weighted by atomic mass is 19.3. The van der Waals surface area contributed by atoms with Crippen molar-refractivity contribution in [1.82, 2.24) is 4.90 Å². The van der Waals surface area contributed by atoms with Gasteiger partial charge in [0.25, 0.3) is 5.92 Å². The Morgan fingerprint density at radius 3 is 1.95 bits per heavy atom.